The average molecular weight is 444 g/mol. The number of nitro groups is 1. The number of nitrogens with one attached hydrogen (secondary N) is 1. The molecule has 0 saturated carbocycles. The van der Waals surface area contributed by atoms with Gasteiger partial charge in [-0.25, -0.2) is 9.37 Å². The predicted octanol–water partition coefficient (Wildman–Crippen LogP) is 4.18. The lowest BCUT2D eigenvalue weighted by atomic mass is 10.2. The molecule has 0 saturated heterocycles. The Kier molecular flexibility index (Phi) is 5.14. The molecule has 0 atom stereocenters. The summed E-state index contributed by atoms with van der Waals surface area (Å²) in [7, 11) is 0. The zero-order chi connectivity index (χ0) is 21.4. The first kappa shape index (κ1) is 19.9. The first-order chi connectivity index (χ1) is 14.3. The maximum atomic E-state index is 13.9. The summed E-state index contributed by atoms with van der Waals surface area (Å²) in [6, 6.07) is 6.70. The summed E-state index contributed by atoms with van der Waals surface area (Å²) in [5, 5.41) is 15.4. The number of benzene rings is 1. The second kappa shape index (κ2) is 7.76. The Balaban J connectivity index is 1.64. The van der Waals surface area contributed by atoms with Crippen molar-refractivity contribution in [2.24, 2.45) is 0 Å². The van der Waals surface area contributed by atoms with Crippen LogP contribution in [0.3, 0.4) is 0 Å². The van der Waals surface area contributed by atoms with Gasteiger partial charge in [0.15, 0.2) is 0 Å². The summed E-state index contributed by atoms with van der Waals surface area (Å²) in [4.78, 5) is 42.4. The molecule has 8 nitrogen and oxygen atoms in total. The number of hydrogen-bond acceptors (Lipinski definition) is 7. The van der Waals surface area contributed by atoms with E-state index in [9.17, 15) is 24.1 Å². The van der Waals surface area contributed by atoms with Crippen LogP contribution in [-0.4, -0.2) is 20.4 Å². The number of nitrogens with zero attached hydrogens (tertiary/aromatic N) is 3. The molecule has 1 aromatic carbocycles. The fourth-order valence-corrected chi connectivity index (χ4v) is 4.77. The van der Waals surface area contributed by atoms with Crippen LogP contribution in [-0.2, 0) is 11.3 Å². The molecule has 4 rings (SSSR count). The van der Waals surface area contributed by atoms with E-state index in [1.165, 1.54) is 17.7 Å². The molecule has 0 fully saturated rings. The zero-order valence-corrected chi connectivity index (χ0v) is 17.1. The standard InChI is InChI=1S/C19H13FN4O4S2/c1-10-2-5-15(30-10)12-8-29-18-17(12)19(26)23(9-21-18)7-16(25)22-14-6-11(24(27)28)3-4-13(14)20/h2-6,8-9H,7H2,1H3,(H,22,25). The summed E-state index contributed by atoms with van der Waals surface area (Å²) < 4.78 is 15.0. The average Bonchev–Trinajstić information content (AvgIpc) is 3.32. The van der Waals surface area contributed by atoms with Gasteiger partial charge in [0.2, 0.25) is 5.91 Å². The molecule has 11 heteroatoms. The number of fused-ring (bicyclic) bond motifs is 1. The van der Waals surface area contributed by atoms with E-state index in [1.54, 1.807) is 11.3 Å². The van der Waals surface area contributed by atoms with Gasteiger partial charge in [-0.1, -0.05) is 0 Å². The molecule has 0 radical (unpaired) electrons. The number of nitro benzene ring substituents is 1. The molecule has 0 aliphatic rings. The Labute approximate surface area is 176 Å². The molecule has 0 bridgehead atoms. The minimum Gasteiger partial charge on any atom is -0.322 e. The van der Waals surface area contributed by atoms with E-state index in [2.05, 4.69) is 10.3 Å². The van der Waals surface area contributed by atoms with Crippen molar-refractivity contribution in [1.82, 2.24) is 9.55 Å². The van der Waals surface area contributed by atoms with Gasteiger partial charge in [-0.3, -0.25) is 24.3 Å². The van der Waals surface area contributed by atoms with Crippen molar-refractivity contribution in [3.8, 4) is 10.4 Å². The SMILES string of the molecule is Cc1ccc(-c2csc3ncn(CC(=O)Nc4cc([N+](=O)[O-])ccc4F)c(=O)c23)s1. The summed E-state index contributed by atoms with van der Waals surface area (Å²) >= 11 is 2.89. The van der Waals surface area contributed by atoms with E-state index in [4.69, 9.17) is 0 Å². The van der Waals surface area contributed by atoms with E-state index in [-0.39, 0.29) is 11.4 Å². The minimum absolute atomic E-state index is 0.332. The van der Waals surface area contributed by atoms with Gasteiger partial charge in [0.1, 0.15) is 17.2 Å². The highest BCUT2D eigenvalue weighted by molar-refractivity contribution is 7.19. The van der Waals surface area contributed by atoms with Crippen LogP contribution < -0.4 is 10.9 Å². The van der Waals surface area contributed by atoms with Crippen molar-refractivity contribution >= 4 is 50.2 Å². The van der Waals surface area contributed by atoms with Crippen molar-refractivity contribution in [3.63, 3.8) is 0 Å². The van der Waals surface area contributed by atoms with Crippen LogP contribution in [0.15, 0.2) is 46.8 Å². The Morgan fingerprint density at radius 2 is 2.13 bits per heavy atom. The number of carbonyl (C=O) groups excluding carboxylic acids is 1. The molecule has 3 heterocycles. The maximum absolute atomic E-state index is 13.9. The molecular weight excluding hydrogens is 431 g/mol. The highest BCUT2D eigenvalue weighted by atomic mass is 32.1. The van der Waals surface area contributed by atoms with Crippen molar-refractivity contribution < 1.29 is 14.1 Å². The smallest absolute Gasteiger partial charge is 0.271 e. The van der Waals surface area contributed by atoms with Gasteiger partial charge in [0.05, 0.1) is 22.3 Å². The van der Waals surface area contributed by atoms with Gasteiger partial charge < -0.3 is 5.32 Å². The normalized spacial score (nSPS) is 11.0. The number of rotatable bonds is 5. The van der Waals surface area contributed by atoms with Gasteiger partial charge in [0.25, 0.3) is 11.2 Å². The number of amides is 1. The predicted molar refractivity (Wildman–Crippen MR) is 114 cm³/mol. The summed E-state index contributed by atoms with van der Waals surface area (Å²) in [5.74, 6) is -1.52. The highest BCUT2D eigenvalue weighted by Gasteiger charge is 2.17. The van der Waals surface area contributed by atoms with Crippen molar-refractivity contribution in [3.05, 3.63) is 73.2 Å². The molecular formula is C19H13FN4O4S2. The Morgan fingerprint density at radius 3 is 2.83 bits per heavy atom. The van der Waals surface area contributed by atoms with Gasteiger partial charge >= 0.3 is 0 Å². The number of hydrogen-bond donors (Lipinski definition) is 1. The molecule has 0 spiro atoms. The van der Waals surface area contributed by atoms with Crippen LogP contribution in [0, 0.1) is 22.9 Å². The zero-order valence-electron chi connectivity index (χ0n) is 15.4. The molecule has 0 unspecified atom stereocenters. The van der Waals surface area contributed by atoms with E-state index in [1.807, 2.05) is 24.4 Å². The number of carbonyl (C=O) groups is 1. The lowest BCUT2D eigenvalue weighted by molar-refractivity contribution is -0.384. The Hall–Kier alpha value is -3.44. The third-order valence-corrected chi connectivity index (χ3v) is 6.24. The molecule has 1 amide bonds. The molecule has 30 heavy (non-hydrogen) atoms. The molecule has 0 aliphatic heterocycles. The number of aryl methyl sites for hydroxylation is 1. The third kappa shape index (κ3) is 3.72. The minimum atomic E-state index is -0.817. The van der Waals surface area contributed by atoms with E-state index in [0.717, 1.165) is 38.1 Å². The first-order valence-corrected chi connectivity index (χ1v) is 10.3. The lowest BCUT2D eigenvalue weighted by Crippen LogP contribution is -2.28. The number of halogens is 1. The number of thiophene rings is 2. The molecule has 4 aromatic rings. The van der Waals surface area contributed by atoms with Gasteiger partial charge in [0, 0.05) is 32.8 Å². The highest BCUT2D eigenvalue weighted by Crippen LogP contribution is 2.34. The maximum Gasteiger partial charge on any atom is 0.271 e. The van der Waals surface area contributed by atoms with Crippen LogP contribution in [0.1, 0.15) is 4.88 Å². The van der Waals surface area contributed by atoms with Crippen LogP contribution >= 0.6 is 22.7 Å². The van der Waals surface area contributed by atoms with E-state index < -0.39 is 28.8 Å². The fourth-order valence-electron chi connectivity index (χ4n) is 2.91. The van der Waals surface area contributed by atoms with Gasteiger partial charge in [-0.05, 0) is 25.1 Å². The van der Waals surface area contributed by atoms with Crippen LogP contribution in [0.25, 0.3) is 20.7 Å². The lowest BCUT2D eigenvalue weighted by Gasteiger charge is -2.08. The van der Waals surface area contributed by atoms with Crippen molar-refractivity contribution in [2.75, 3.05) is 5.32 Å². The summed E-state index contributed by atoms with van der Waals surface area (Å²) in [6.45, 7) is 1.55. The van der Waals surface area contributed by atoms with Crippen molar-refractivity contribution in [2.45, 2.75) is 13.5 Å². The second-order valence-corrected chi connectivity index (χ2v) is 8.53. The molecule has 0 aliphatic carbocycles. The number of anilines is 1. The van der Waals surface area contributed by atoms with E-state index in [0.29, 0.717) is 10.2 Å². The second-order valence-electron chi connectivity index (χ2n) is 6.39. The van der Waals surface area contributed by atoms with E-state index >= 15 is 0 Å². The van der Waals surface area contributed by atoms with Gasteiger partial charge in [-0.2, -0.15) is 0 Å². The number of non-ortho nitro benzene ring substituents is 1. The first-order valence-electron chi connectivity index (χ1n) is 8.60. The van der Waals surface area contributed by atoms with Gasteiger partial charge in [-0.15, -0.1) is 22.7 Å². The number of aromatic nitrogens is 2. The Morgan fingerprint density at radius 1 is 1.33 bits per heavy atom. The van der Waals surface area contributed by atoms with Crippen LogP contribution in [0.2, 0.25) is 0 Å². The molecule has 3 aromatic heterocycles. The molecule has 1 N–H and O–H groups in total. The fraction of sp³-hybridized carbons (Fsp3) is 0.105. The topological polar surface area (TPSA) is 107 Å². The molecule has 152 valence electrons. The third-order valence-electron chi connectivity index (χ3n) is 4.32. The summed E-state index contributed by atoms with van der Waals surface area (Å²) in [6.07, 6.45) is 1.26. The Bertz CT molecular complexity index is 1360. The monoisotopic (exact) mass is 444 g/mol. The van der Waals surface area contributed by atoms with Crippen molar-refractivity contribution in [1.29, 1.82) is 0 Å². The summed E-state index contributed by atoms with van der Waals surface area (Å²) in [5.41, 5.74) is -0.329. The quantitative estimate of drug-likeness (QED) is 0.367. The largest absolute Gasteiger partial charge is 0.322 e. The van der Waals surface area contributed by atoms with Crippen LogP contribution in [0.5, 0.6) is 0 Å². The van der Waals surface area contributed by atoms with Crippen LogP contribution in [0.4, 0.5) is 15.8 Å².